The van der Waals surface area contributed by atoms with E-state index in [4.69, 9.17) is 23.9 Å². The van der Waals surface area contributed by atoms with Crippen molar-refractivity contribution in [3.63, 3.8) is 0 Å². The zero-order valence-corrected chi connectivity index (χ0v) is 26.2. The maximum atomic E-state index is 5.74. The van der Waals surface area contributed by atoms with E-state index in [0.717, 1.165) is 83.7 Å². The summed E-state index contributed by atoms with van der Waals surface area (Å²) >= 11 is 0. The molecular formula is C38H39N3O4. The average Bonchev–Trinajstić information content (AvgIpc) is 3.79. The molecule has 1 aromatic heterocycles. The third kappa shape index (κ3) is 6.13. The summed E-state index contributed by atoms with van der Waals surface area (Å²) in [6.07, 6.45) is 2.17. The van der Waals surface area contributed by atoms with Gasteiger partial charge in [0.2, 0.25) is 13.6 Å². The highest BCUT2D eigenvalue weighted by atomic mass is 16.7. The smallest absolute Gasteiger partial charge is 0.231 e. The summed E-state index contributed by atoms with van der Waals surface area (Å²) in [5.74, 6) is 4.20. The number of fused-ring (bicyclic) bond motifs is 2. The lowest BCUT2D eigenvalue weighted by molar-refractivity contribution is 0.173. The van der Waals surface area contributed by atoms with Crippen molar-refractivity contribution in [2.75, 3.05) is 13.6 Å². The molecule has 5 aromatic rings. The Kier molecular flexibility index (Phi) is 8.18. The normalized spacial score (nSPS) is 13.2. The van der Waals surface area contributed by atoms with Crippen LogP contribution >= 0.6 is 0 Å². The summed E-state index contributed by atoms with van der Waals surface area (Å²) in [4.78, 5) is 7.90. The molecule has 3 heterocycles. The molecule has 4 aromatic carbocycles. The largest absolute Gasteiger partial charge is 0.454 e. The van der Waals surface area contributed by atoms with Crippen LogP contribution in [0, 0.1) is 13.8 Å². The molecular weight excluding hydrogens is 562 g/mol. The van der Waals surface area contributed by atoms with Crippen molar-refractivity contribution in [1.29, 1.82) is 0 Å². The van der Waals surface area contributed by atoms with E-state index in [1.165, 1.54) is 22.4 Å². The number of ether oxygens (including phenoxy) is 4. The molecule has 2 aliphatic rings. The fourth-order valence-electron chi connectivity index (χ4n) is 6.16. The van der Waals surface area contributed by atoms with E-state index in [0.29, 0.717) is 6.54 Å². The lowest BCUT2D eigenvalue weighted by Crippen LogP contribution is -2.24. The van der Waals surface area contributed by atoms with Crippen LogP contribution in [0.2, 0.25) is 0 Å². The van der Waals surface area contributed by atoms with Gasteiger partial charge in [-0.1, -0.05) is 79.6 Å². The van der Waals surface area contributed by atoms with E-state index < -0.39 is 0 Å². The maximum Gasteiger partial charge on any atom is 0.231 e. The Morgan fingerprint density at radius 3 is 1.96 bits per heavy atom. The van der Waals surface area contributed by atoms with Gasteiger partial charge in [-0.15, -0.1) is 0 Å². The lowest BCUT2D eigenvalue weighted by atomic mass is 10.0. The molecule has 0 spiro atoms. The highest BCUT2D eigenvalue weighted by molar-refractivity contribution is 5.71. The summed E-state index contributed by atoms with van der Waals surface area (Å²) in [6, 6.07) is 29.8. The van der Waals surface area contributed by atoms with Gasteiger partial charge in [0.15, 0.2) is 23.0 Å². The van der Waals surface area contributed by atoms with Crippen molar-refractivity contribution in [3.8, 4) is 45.6 Å². The summed E-state index contributed by atoms with van der Waals surface area (Å²) < 4.78 is 25.1. The minimum Gasteiger partial charge on any atom is -0.454 e. The molecule has 0 N–H and O–H groups in total. The first-order valence-corrected chi connectivity index (χ1v) is 15.8. The van der Waals surface area contributed by atoms with Crippen LogP contribution in [0.1, 0.15) is 47.7 Å². The molecule has 7 rings (SSSR count). The fourth-order valence-corrected chi connectivity index (χ4v) is 6.16. The van der Waals surface area contributed by atoms with Gasteiger partial charge >= 0.3 is 0 Å². The predicted octanol–water partition coefficient (Wildman–Crippen LogP) is 8.29. The highest BCUT2D eigenvalue weighted by Gasteiger charge is 2.24. The molecule has 2 aliphatic heterocycles. The van der Waals surface area contributed by atoms with Crippen LogP contribution in [0.15, 0.2) is 84.9 Å². The van der Waals surface area contributed by atoms with Crippen LogP contribution in [0.3, 0.4) is 0 Å². The van der Waals surface area contributed by atoms with Crippen LogP contribution in [-0.4, -0.2) is 28.0 Å². The average molecular weight is 602 g/mol. The maximum absolute atomic E-state index is 5.74. The Bertz CT molecular complexity index is 1750. The molecule has 7 nitrogen and oxygen atoms in total. The molecule has 0 saturated carbocycles. The van der Waals surface area contributed by atoms with Crippen LogP contribution in [0.25, 0.3) is 22.6 Å². The number of rotatable bonds is 11. The Morgan fingerprint density at radius 2 is 1.33 bits per heavy atom. The van der Waals surface area contributed by atoms with Crippen LogP contribution < -0.4 is 18.9 Å². The number of hydrogen-bond acceptors (Lipinski definition) is 6. The van der Waals surface area contributed by atoms with Gasteiger partial charge in [0.05, 0.1) is 11.4 Å². The molecule has 0 unspecified atom stereocenters. The zero-order chi connectivity index (χ0) is 30.8. The van der Waals surface area contributed by atoms with Crippen LogP contribution in [0.5, 0.6) is 23.0 Å². The summed E-state index contributed by atoms with van der Waals surface area (Å²) in [6.45, 7) is 10.1. The minimum absolute atomic E-state index is 0.262. The fraction of sp³-hybridized carbons (Fsp3) is 0.289. The van der Waals surface area contributed by atoms with E-state index >= 15 is 0 Å². The second kappa shape index (κ2) is 12.7. The molecule has 230 valence electrons. The quantitative estimate of drug-likeness (QED) is 0.152. The van der Waals surface area contributed by atoms with Gasteiger partial charge < -0.3 is 23.5 Å². The lowest BCUT2D eigenvalue weighted by Gasteiger charge is -2.25. The van der Waals surface area contributed by atoms with E-state index in [9.17, 15) is 0 Å². The van der Waals surface area contributed by atoms with Gasteiger partial charge in [0.25, 0.3) is 0 Å². The molecule has 0 fully saturated rings. The number of benzene rings is 4. The summed E-state index contributed by atoms with van der Waals surface area (Å²) in [5.41, 5.74) is 9.34. The first-order valence-electron chi connectivity index (χ1n) is 15.8. The topological polar surface area (TPSA) is 58.0 Å². The standard InChI is InChI=1S/C38H39N3O4/c1-4-5-18-41-32(37(31-9-7-6-8-27(31)3)39-38(41)30-14-10-26(2)11-15-30)23-40(21-28-12-16-33-35(19-28)44-24-42-33)22-29-13-17-34-36(20-29)45-25-43-34/h6-17,19-20H,4-5,18,21-25H2,1-3H3. The van der Waals surface area contributed by atoms with Crippen molar-refractivity contribution in [3.05, 3.63) is 113 Å². The van der Waals surface area contributed by atoms with Crippen molar-refractivity contribution < 1.29 is 18.9 Å². The van der Waals surface area contributed by atoms with E-state index in [2.05, 4.69) is 103 Å². The molecule has 7 heteroatoms. The number of nitrogens with zero attached hydrogens (tertiary/aromatic N) is 3. The molecule has 0 saturated heterocycles. The molecule has 0 atom stereocenters. The molecule has 0 amide bonds. The van der Waals surface area contributed by atoms with Gasteiger partial charge in [0.1, 0.15) is 5.82 Å². The van der Waals surface area contributed by atoms with Crippen molar-refractivity contribution >= 4 is 0 Å². The number of aryl methyl sites for hydroxylation is 2. The van der Waals surface area contributed by atoms with Crippen molar-refractivity contribution in [2.45, 2.75) is 59.8 Å². The third-order valence-electron chi connectivity index (χ3n) is 8.58. The predicted molar refractivity (Wildman–Crippen MR) is 176 cm³/mol. The highest BCUT2D eigenvalue weighted by Crippen LogP contribution is 2.37. The van der Waals surface area contributed by atoms with E-state index in [1.54, 1.807) is 0 Å². The van der Waals surface area contributed by atoms with Crippen molar-refractivity contribution in [1.82, 2.24) is 14.5 Å². The van der Waals surface area contributed by atoms with Crippen molar-refractivity contribution in [2.24, 2.45) is 0 Å². The first-order chi connectivity index (χ1) is 22.1. The van der Waals surface area contributed by atoms with E-state index in [-0.39, 0.29) is 13.6 Å². The summed E-state index contributed by atoms with van der Waals surface area (Å²) in [5, 5.41) is 0. The first kappa shape index (κ1) is 29.0. The van der Waals surface area contributed by atoms with Crippen LogP contribution in [0.4, 0.5) is 0 Å². The molecule has 0 aliphatic carbocycles. The second-order valence-corrected chi connectivity index (χ2v) is 11.9. The molecule has 45 heavy (non-hydrogen) atoms. The molecule has 0 radical (unpaired) electrons. The van der Waals surface area contributed by atoms with Gasteiger partial charge in [-0.3, -0.25) is 4.90 Å². The Hall–Kier alpha value is -4.75. The number of hydrogen-bond donors (Lipinski definition) is 0. The number of imidazole rings is 1. The number of unbranched alkanes of at least 4 members (excludes halogenated alkanes) is 1. The zero-order valence-electron chi connectivity index (χ0n) is 26.2. The molecule has 0 bridgehead atoms. The third-order valence-corrected chi connectivity index (χ3v) is 8.58. The minimum atomic E-state index is 0.262. The number of aromatic nitrogens is 2. The van der Waals surface area contributed by atoms with Gasteiger partial charge in [-0.2, -0.15) is 0 Å². The van der Waals surface area contributed by atoms with Gasteiger partial charge in [-0.25, -0.2) is 4.98 Å². The van der Waals surface area contributed by atoms with E-state index in [1.807, 2.05) is 12.1 Å². The van der Waals surface area contributed by atoms with Gasteiger partial charge in [0, 0.05) is 37.3 Å². The Labute approximate surface area is 265 Å². The Balaban J connectivity index is 1.33. The second-order valence-electron chi connectivity index (χ2n) is 11.9. The van der Waals surface area contributed by atoms with Gasteiger partial charge in [-0.05, 0) is 61.2 Å². The SMILES string of the molecule is CCCCn1c(-c2ccc(C)cc2)nc(-c2ccccc2C)c1CN(Cc1ccc2c(c1)OCO2)Cc1ccc2c(c1)OCO2. The monoisotopic (exact) mass is 601 g/mol. The Morgan fingerprint density at radius 1 is 0.711 bits per heavy atom. The summed E-state index contributed by atoms with van der Waals surface area (Å²) in [7, 11) is 0. The van der Waals surface area contributed by atoms with Crippen LogP contribution in [-0.2, 0) is 26.2 Å².